The van der Waals surface area contributed by atoms with Crippen molar-refractivity contribution in [3.63, 3.8) is 0 Å². The molecule has 0 fully saturated rings. The maximum absolute atomic E-state index is 13.1. The second kappa shape index (κ2) is 22.8. The number of alkyl carbamates (subject to hydrolysis) is 1. The van der Waals surface area contributed by atoms with Crippen LogP contribution >= 0.6 is 11.8 Å². The number of hydrogen-bond donors (Lipinski definition) is 4. The third-order valence-electron chi connectivity index (χ3n) is 5.99. The molecule has 1 aromatic rings. The van der Waals surface area contributed by atoms with Crippen molar-refractivity contribution in [2.45, 2.75) is 39.2 Å². The highest BCUT2D eigenvalue weighted by atomic mass is 32.2. The van der Waals surface area contributed by atoms with Gasteiger partial charge in [-0.15, -0.1) is 0 Å². The van der Waals surface area contributed by atoms with E-state index in [1.54, 1.807) is 45.0 Å². The number of carbonyl (C=O) groups excluding carboxylic acids is 4. The van der Waals surface area contributed by atoms with E-state index in [1.807, 2.05) is 0 Å². The molecule has 0 radical (unpaired) electrons. The van der Waals surface area contributed by atoms with Crippen LogP contribution in [0.4, 0.5) is 4.79 Å². The molecule has 1 unspecified atom stereocenters. The van der Waals surface area contributed by atoms with Gasteiger partial charge in [0, 0.05) is 30.7 Å². The van der Waals surface area contributed by atoms with Crippen LogP contribution in [-0.2, 0) is 43.5 Å². The van der Waals surface area contributed by atoms with Gasteiger partial charge in [0.15, 0.2) is 5.12 Å². The zero-order chi connectivity index (χ0) is 33.5. The molecule has 0 spiro atoms. The lowest BCUT2D eigenvalue weighted by Gasteiger charge is -2.34. The molecule has 45 heavy (non-hydrogen) atoms. The highest BCUT2D eigenvalue weighted by molar-refractivity contribution is 8.13. The molecule has 0 aliphatic heterocycles. The van der Waals surface area contributed by atoms with Gasteiger partial charge in [-0.2, -0.15) is 0 Å². The maximum atomic E-state index is 13.1. The normalized spacial score (nSPS) is 11.9. The maximum Gasteiger partial charge on any atom is 0.407 e. The van der Waals surface area contributed by atoms with Gasteiger partial charge < -0.3 is 44.7 Å². The predicted octanol–water partition coefficient (Wildman–Crippen LogP) is 1.66. The first-order chi connectivity index (χ1) is 21.5. The predicted molar refractivity (Wildman–Crippen MR) is 167 cm³/mol. The van der Waals surface area contributed by atoms with Crippen LogP contribution < -0.4 is 20.7 Å². The number of benzene rings is 1. The lowest BCUT2D eigenvalue weighted by atomic mass is 9.77. The molecule has 0 aliphatic rings. The van der Waals surface area contributed by atoms with Crippen LogP contribution in [0.25, 0.3) is 0 Å². The minimum atomic E-state index is -1.14. The number of nitrogens with one attached hydrogen (secondary N) is 3. The minimum absolute atomic E-state index is 0.0211. The Labute approximate surface area is 267 Å². The molecule has 1 aromatic carbocycles. The number of carboxylic acid groups (broad SMARTS) is 1. The smallest absolute Gasteiger partial charge is 0.407 e. The zero-order valence-corrected chi connectivity index (χ0v) is 27.1. The molecular weight excluding hydrogens is 610 g/mol. The van der Waals surface area contributed by atoms with Gasteiger partial charge in [-0.1, -0.05) is 43.8 Å². The first kappa shape index (κ1) is 39.4. The lowest BCUT2D eigenvalue weighted by Crippen LogP contribution is -2.57. The summed E-state index contributed by atoms with van der Waals surface area (Å²) in [6.07, 6.45) is 1.37. The summed E-state index contributed by atoms with van der Waals surface area (Å²) in [6.45, 7) is 9.27. The molecule has 15 heteroatoms. The monoisotopic (exact) mass is 655 g/mol. The van der Waals surface area contributed by atoms with Crippen LogP contribution in [0.1, 0.15) is 33.3 Å². The summed E-state index contributed by atoms with van der Waals surface area (Å²) in [5.41, 5.74) is -0.220. The van der Waals surface area contributed by atoms with Gasteiger partial charge in [-0.25, -0.2) is 9.59 Å². The number of rotatable bonds is 23. The van der Waals surface area contributed by atoms with Gasteiger partial charge in [0.05, 0.1) is 52.8 Å². The number of aliphatic carboxylic acids is 1. The highest BCUT2D eigenvalue weighted by Gasteiger charge is 2.38. The molecule has 1 rings (SSSR count). The number of amides is 3. The molecule has 0 aliphatic carbocycles. The first-order valence-electron chi connectivity index (χ1n) is 14.4. The number of carboxylic acids is 1. The minimum Gasteiger partial charge on any atom is -0.491 e. The Hall–Kier alpha value is -3.66. The molecule has 14 nitrogen and oxygen atoms in total. The molecule has 1 atom stereocenters. The molecule has 4 N–H and O–H groups in total. The van der Waals surface area contributed by atoms with Gasteiger partial charge in [0.25, 0.3) is 0 Å². The second-order valence-electron chi connectivity index (χ2n) is 9.83. The van der Waals surface area contributed by atoms with Crippen LogP contribution in [0.2, 0.25) is 0 Å². The van der Waals surface area contributed by atoms with Crippen molar-refractivity contribution in [2.75, 3.05) is 71.7 Å². The molecule has 0 saturated carbocycles. The Morgan fingerprint density at radius 2 is 1.51 bits per heavy atom. The Morgan fingerprint density at radius 1 is 0.911 bits per heavy atom. The van der Waals surface area contributed by atoms with Crippen molar-refractivity contribution in [1.29, 1.82) is 0 Å². The lowest BCUT2D eigenvalue weighted by molar-refractivity contribution is -0.131. The topological polar surface area (TPSA) is 188 Å². The number of hydrogen-bond acceptors (Lipinski definition) is 11. The molecular formula is C30H45N3O11S. The number of thioether (sulfide) groups is 1. The van der Waals surface area contributed by atoms with E-state index in [2.05, 4.69) is 16.0 Å². The fourth-order valence-electron chi connectivity index (χ4n) is 3.68. The molecule has 3 amide bonds. The van der Waals surface area contributed by atoms with Crippen molar-refractivity contribution < 1.29 is 52.8 Å². The second-order valence-corrected chi connectivity index (χ2v) is 11.1. The summed E-state index contributed by atoms with van der Waals surface area (Å²) in [7, 11) is 0. The zero-order valence-electron chi connectivity index (χ0n) is 26.3. The van der Waals surface area contributed by atoms with E-state index >= 15 is 0 Å². The number of carbonyl (C=O) groups is 5. The summed E-state index contributed by atoms with van der Waals surface area (Å²) in [6, 6.07) is 5.94. The van der Waals surface area contributed by atoms with Gasteiger partial charge in [-0.05, 0) is 24.6 Å². The molecule has 0 bridgehead atoms. The van der Waals surface area contributed by atoms with E-state index in [1.165, 1.54) is 24.8 Å². The summed E-state index contributed by atoms with van der Waals surface area (Å²) in [5, 5.41) is 16.2. The third kappa shape index (κ3) is 18.0. The van der Waals surface area contributed by atoms with Crippen LogP contribution in [0.3, 0.4) is 0 Å². The van der Waals surface area contributed by atoms with E-state index in [0.717, 1.165) is 6.08 Å². The van der Waals surface area contributed by atoms with Gasteiger partial charge in [0.1, 0.15) is 18.4 Å². The van der Waals surface area contributed by atoms with Crippen molar-refractivity contribution in [2.24, 2.45) is 0 Å². The van der Waals surface area contributed by atoms with E-state index in [4.69, 9.17) is 28.8 Å². The summed E-state index contributed by atoms with van der Waals surface area (Å²) in [4.78, 5) is 58.8. The standard InChI is InChI=1S/C30H45N3O11S/c1-5-43-29(39)33-27(28(38)32-21-25(35)31-12-6-7-26(36)37)30(3,4)23-8-10-24(11-9-23)44-18-17-41-14-13-40-15-16-42-19-20-45-22(2)34/h6-11,27H,5,12-21H2,1-4H3,(H,31,35)(H,32,38)(H,33,39)(H,36,37). The Kier molecular flexibility index (Phi) is 19.9. The van der Waals surface area contributed by atoms with Crippen LogP contribution in [0, 0.1) is 0 Å². The quantitative estimate of drug-likeness (QED) is 0.0988. The van der Waals surface area contributed by atoms with Crippen molar-refractivity contribution in [3.05, 3.63) is 42.0 Å². The van der Waals surface area contributed by atoms with Crippen LogP contribution in [0.5, 0.6) is 5.75 Å². The Bertz CT molecular complexity index is 1100. The number of ether oxygens (including phenoxy) is 5. The van der Waals surface area contributed by atoms with Crippen LogP contribution in [-0.4, -0.2) is 112 Å². The van der Waals surface area contributed by atoms with Crippen molar-refractivity contribution in [3.8, 4) is 5.75 Å². The average molecular weight is 656 g/mol. The Balaban J connectivity index is 2.54. The summed E-state index contributed by atoms with van der Waals surface area (Å²) < 4.78 is 27.0. The fraction of sp³-hybridized carbons (Fsp3) is 0.567. The third-order valence-corrected chi connectivity index (χ3v) is 6.77. The molecule has 252 valence electrons. The van der Waals surface area contributed by atoms with Gasteiger partial charge >= 0.3 is 12.1 Å². The van der Waals surface area contributed by atoms with E-state index < -0.39 is 35.3 Å². The highest BCUT2D eigenvalue weighted by Crippen LogP contribution is 2.29. The van der Waals surface area contributed by atoms with E-state index in [0.29, 0.717) is 63.3 Å². The molecule has 0 saturated heterocycles. The molecule has 0 aromatic heterocycles. The van der Waals surface area contributed by atoms with Crippen LogP contribution in [0.15, 0.2) is 36.4 Å². The summed E-state index contributed by atoms with van der Waals surface area (Å²) in [5.74, 6) is -1.07. The fourth-order valence-corrected chi connectivity index (χ4v) is 4.17. The van der Waals surface area contributed by atoms with Gasteiger partial charge in [0.2, 0.25) is 11.8 Å². The Morgan fingerprint density at radius 3 is 2.09 bits per heavy atom. The van der Waals surface area contributed by atoms with E-state index in [-0.39, 0.29) is 24.8 Å². The van der Waals surface area contributed by atoms with Crippen molar-refractivity contribution >= 4 is 40.8 Å². The first-order valence-corrected chi connectivity index (χ1v) is 15.4. The van der Waals surface area contributed by atoms with E-state index in [9.17, 15) is 24.0 Å². The SMILES string of the molecule is CCOC(=O)NC(C(=O)NCC(=O)NCC=CC(=O)O)C(C)(C)c1ccc(OCCOCCOCCOCCSC(C)=O)cc1. The average Bonchev–Trinajstić information content (AvgIpc) is 2.99. The summed E-state index contributed by atoms with van der Waals surface area (Å²) >= 11 is 1.23. The van der Waals surface area contributed by atoms with Crippen molar-refractivity contribution in [1.82, 2.24) is 16.0 Å². The molecule has 0 heterocycles. The van der Waals surface area contributed by atoms with Gasteiger partial charge in [-0.3, -0.25) is 14.4 Å². The largest absolute Gasteiger partial charge is 0.491 e.